The van der Waals surface area contributed by atoms with Crippen molar-refractivity contribution in [2.24, 2.45) is 11.5 Å². The van der Waals surface area contributed by atoms with Gasteiger partial charge in [-0.05, 0) is 36.1 Å². The summed E-state index contributed by atoms with van der Waals surface area (Å²) in [5, 5.41) is 0. The van der Waals surface area contributed by atoms with Crippen LogP contribution in [0.1, 0.15) is 28.7 Å². The van der Waals surface area contributed by atoms with Crippen LogP contribution in [-0.4, -0.2) is 47.8 Å². The van der Waals surface area contributed by atoms with Crippen LogP contribution >= 0.6 is 0 Å². The monoisotopic (exact) mass is 394 g/mol. The highest BCUT2D eigenvalue weighted by Gasteiger charge is 2.46. The number of hydrogen-bond acceptors (Lipinski definition) is 4. The molecule has 2 amide bonds. The van der Waals surface area contributed by atoms with Gasteiger partial charge in [0, 0.05) is 26.2 Å². The molecule has 1 atom stereocenters. The number of primary amides is 2. The number of carbonyl (C=O) groups is 2. The molecule has 0 radical (unpaired) electrons. The Morgan fingerprint density at radius 2 is 1.59 bits per heavy atom. The van der Waals surface area contributed by atoms with Crippen molar-refractivity contribution in [2.75, 3.05) is 26.2 Å². The molecule has 1 aliphatic heterocycles. The highest BCUT2D eigenvalue weighted by molar-refractivity contribution is 5.78. The predicted molar refractivity (Wildman–Crippen MR) is 114 cm³/mol. The van der Waals surface area contributed by atoms with Crippen molar-refractivity contribution < 1.29 is 9.59 Å². The van der Waals surface area contributed by atoms with Crippen molar-refractivity contribution in [1.29, 1.82) is 0 Å². The Hall–Kier alpha value is -2.70. The molecule has 3 rings (SSSR count). The van der Waals surface area contributed by atoms with Crippen LogP contribution in [0.15, 0.2) is 48.5 Å². The second kappa shape index (κ2) is 8.76. The molecule has 1 unspecified atom stereocenters. The Kier molecular flexibility index (Phi) is 6.35. The molecule has 6 nitrogen and oxygen atoms in total. The molecule has 0 aliphatic carbocycles. The number of benzene rings is 2. The summed E-state index contributed by atoms with van der Waals surface area (Å²) in [5.41, 5.74) is 15.1. The molecule has 0 aromatic heterocycles. The lowest BCUT2D eigenvalue weighted by atomic mass is 9.77. The zero-order valence-electron chi connectivity index (χ0n) is 17.2. The van der Waals surface area contributed by atoms with Crippen LogP contribution in [-0.2, 0) is 21.7 Å². The molecule has 1 aliphatic rings. The second-order valence-electron chi connectivity index (χ2n) is 8.03. The summed E-state index contributed by atoms with van der Waals surface area (Å²) in [5.74, 6) is -0.787. The van der Waals surface area contributed by atoms with E-state index in [1.54, 1.807) is 0 Å². The minimum Gasteiger partial charge on any atom is -0.370 e. The molecule has 1 fully saturated rings. The summed E-state index contributed by atoms with van der Waals surface area (Å²) < 4.78 is 0. The SMILES string of the molecule is Cc1cccc(C)c1C1(CC(N)=O)CN(Cc2ccccc2)CCN1CC(N)=O. The van der Waals surface area contributed by atoms with E-state index in [-0.39, 0.29) is 18.9 Å². The average Bonchev–Trinajstić information content (AvgIpc) is 2.64. The largest absolute Gasteiger partial charge is 0.370 e. The van der Waals surface area contributed by atoms with Crippen molar-refractivity contribution in [2.45, 2.75) is 32.4 Å². The number of amides is 2. The second-order valence-corrected chi connectivity index (χ2v) is 8.03. The van der Waals surface area contributed by atoms with Gasteiger partial charge in [0.05, 0.1) is 18.5 Å². The van der Waals surface area contributed by atoms with E-state index in [0.29, 0.717) is 13.1 Å². The fourth-order valence-corrected chi connectivity index (χ4v) is 4.75. The summed E-state index contributed by atoms with van der Waals surface area (Å²) in [6, 6.07) is 16.4. The summed E-state index contributed by atoms with van der Waals surface area (Å²) in [6.45, 7) is 6.98. The number of nitrogens with two attached hydrogens (primary N) is 2. The fraction of sp³-hybridized carbons (Fsp3) is 0.391. The molecule has 6 heteroatoms. The Balaban J connectivity index is 2.07. The molecule has 2 aromatic rings. The van der Waals surface area contributed by atoms with Crippen LogP contribution in [0.2, 0.25) is 0 Å². The standard InChI is InChI=1S/C23H30N4O2/c1-17-7-6-8-18(2)22(17)23(13-20(24)28)16-26(11-12-27(23)15-21(25)29)14-19-9-4-3-5-10-19/h3-10H,11-16H2,1-2H3,(H2,24,28)(H2,25,29). The first-order valence-corrected chi connectivity index (χ1v) is 9.96. The van der Waals surface area contributed by atoms with E-state index in [0.717, 1.165) is 29.8 Å². The highest BCUT2D eigenvalue weighted by Crippen LogP contribution is 2.39. The third kappa shape index (κ3) is 4.66. The van der Waals surface area contributed by atoms with E-state index in [1.165, 1.54) is 5.56 Å². The van der Waals surface area contributed by atoms with E-state index in [1.807, 2.05) is 50.2 Å². The first-order chi connectivity index (χ1) is 13.8. The van der Waals surface area contributed by atoms with Crippen molar-refractivity contribution in [3.05, 3.63) is 70.8 Å². The van der Waals surface area contributed by atoms with Gasteiger partial charge in [-0.3, -0.25) is 19.4 Å². The molecule has 29 heavy (non-hydrogen) atoms. The minimum atomic E-state index is -0.691. The molecule has 1 saturated heterocycles. The van der Waals surface area contributed by atoms with E-state index in [9.17, 15) is 9.59 Å². The molecule has 4 N–H and O–H groups in total. The first kappa shape index (κ1) is 21.0. The van der Waals surface area contributed by atoms with Gasteiger partial charge in [-0.1, -0.05) is 48.5 Å². The Morgan fingerprint density at radius 1 is 0.931 bits per heavy atom. The van der Waals surface area contributed by atoms with E-state index >= 15 is 0 Å². The maximum absolute atomic E-state index is 12.2. The summed E-state index contributed by atoms with van der Waals surface area (Å²) >= 11 is 0. The molecular weight excluding hydrogens is 364 g/mol. The van der Waals surface area contributed by atoms with Crippen LogP contribution in [0.3, 0.4) is 0 Å². The normalized spacial score (nSPS) is 20.5. The molecule has 2 aromatic carbocycles. The number of aryl methyl sites for hydroxylation is 2. The number of nitrogens with zero attached hydrogens (tertiary/aromatic N) is 2. The summed E-state index contributed by atoms with van der Waals surface area (Å²) in [7, 11) is 0. The van der Waals surface area contributed by atoms with Gasteiger partial charge in [-0.2, -0.15) is 0 Å². The topological polar surface area (TPSA) is 92.7 Å². The lowest BCUT2D eigenvalue weighted by molar-refractivity contribution is -0.129. The molecule has 0 saturated carbocycles. The number of rotatable bonds is 7. The molecular formula is C23H30N4O2. The van der Waals surface area contributed by atoms with E-state index in [4.69, 9.17) is 11.5 Å². The van der Waals surface area contributed by atoms with Crippen molar-refractivity contribution in [3.8, 4) is 0 Å². The zero-order chi connectivity index (χ0) is 21.0. The van der Waals surface area contributed by atoms with Crippen LogP contribution in [0.25, 0.3) is 0 Å². The van der Waals surface area contributed by atoms with Gasteiger partial charge in [0.15, 0.2) is 0 Å². The van der Waals surface area contributed by atoms with Crippen LogP contribution in [0.5, 0.6) is 0 Å². The minimum absolute atomic E-state index is 0.0975. The molecule has 1 heterocycles. The van der Waals surface area contributed by atoms with Crippen molar-refractivity contribution in [1.82, 2.24) is 9.80 Å². The third-order valence-corrected chi connectivity index (χ3v) is 5.79. The van der Waals surface area contributed by atoms with Crippen molar-refractivity contribution >= 4 is 11.8 Å². The maximum Gasteiger partial charge on any atom is 0.231 e. The number of piperazine rings is 1. The van der Waals surface area contributed by atoms with Crippen LogP contribution in [0, 0.1) is 13.8 Å². The fourth-order valence-electron chi connectivity index (χ4n) is 4.75. The highest BCUT2D eigenvalue weighted by atomic mass is 16.1. The van der Waals surface area contributed by atoms with Gasteiger partial charge in [0.25, 0.3) is 0 Å². The lowest BCUT2D eigenvalue weighted by Crippen LogP contribution is -2.63. The smallest absolute Gasteiger partial charge is 0.231 e. The lowest BCUT2D eigenvalue weighted by Gasteiger charge is -2.51. The maximum atomic E-state index is 12.2. The summed E-state index contributed by atoms with van der Waals surface area (Å²) in [6.07, 6.45) is 0.136. The predicted octanol–water partition coefficient (Wildman–Crippen LogP) is 1.68. The first-order valence-electron chi connectivity index (χ1n) is 9.96. The average molecular weight is 395 g/mol. The quantitative estimate of drug-likeness (QED) is 0.747. The van der Waals surface area contributed by atoms with Gasteiger partial charge >= 0.3 is 0 Å². The van der Waals surface area contributed by atoms with Gasteiger partial charge in [-0.15, -0.1) is 0 Å². The Labute approximate surface area is 172 Å². The van der Waals surface area contributed by atoms with E-state index < -0.39 is 11.4 Å². The number of hydrogen-bond donors (Lipinski definition) is 2. The number of carbonyl (C=O) groups excluding carboxylic acids is 2. The van der Waals surface area contributed by atoms with Crippen molar-refractivity contribution in [3.63, 3.8) is 0 Å². The molecule has 0 bridgehead atoms. The molecule has 154 valence electrons. The van der Waals surface area contributed by atoms with E-state index in [2.05, 4.69) is 21.9 Å². The Morgan fingerprint density at radius 3 is 2.17 bits per heavy atom. The van der Waals surface area contributed by atoms with Crippen LogP contribution in [0.4, 0.5) is 0 Å². The molecule has 0 spiro atoms. The zero-order valence-corrected chi connectivity index (χ0v) is 17.2. The Bertz CT molecular complexity index is 863. The van der Waals surface area contributed by atoms with Gasteiger partial charge in [0.1, 0.15) is 0 Å². The van der Waals surface area contributed by atoms with Gasteiger partial charge in [-0.25, -0.2) is 0 Å². The van der Waals surface area contributed by atoms with Gasteiger partial charge in [0.2, 0.25) is 11.8 Å². The van der Waals surface area contributed by atoms with Crippen LogP contribution < -0.4 is 11.5 Å². The van der Waals surface area contributed by atoms with Gasteiger partial charge < -0.3 is 11.5 Å². The summed E-state index contributed by atoms with van der Waals surface area (Å²) in [4.78, 5) is 28.5. The third-order valence-electron chi connectivity index (χ3n) is 5.79.